The molecule has 0 amide bonds. The minimum Gasteiger partial charge on any atom is -0.476 e. The van der Waals surface area contributed by atoms with E-state index < -0.39 is 0 Å². The number of esters is 1. The summed E-state index contributed by atoms with van der Waals surface area (Å²) < 4.78 is 13.0. The Labute approximate surface area is 171 Å². The van der Waals surface area contributed by atoms with Gasteiger partial charge in [-0.05, 0) is 44.2 Å². The zero-order valence-electron chi connectivity index (χ0n) is 16.5. The molecule has 0 saturated heterocycles. The van der Waals surface area contributed by atoms with Crippen LogP contribution in [-0.2, 0) is 4.74 Å². The van der Waals surface area contributed by atoms with E-state index in [2.05, 4.69) is 19.9 Å². The largest absolute Gasteiger partial charge is 0.476 e. The minimum atomic E-state index is -0.366. The molecule has 1 N–H and O–H groups in total. The topological polar surface area (TPSA) is 94.9 Å². The molecule has 5 rings (SSSR count). The van der Waals surface area contributed by atoms with Gasteiger partial charge in [0.1, 0.15) is 23.0 Å². The highest BCUT2D eigenvalue weighted by atomic mass is 16.5. The molecule has 0 aliphatic heterocycles. The summed E-state index contributed by atoms with van der Waals surface area (Å²) in [5, 5.41) is 1.80. The number of nitrogens with zero attached hydrogens (tertiary/aromatic N) is 4. The van der Waals surface area contributed by atoms with Gasteiger partial charge in [0.2, 0.25) is 5.88 Å². The summed E-state index contributed by atoms with van der Waals surface area (Å²) in [7, 11) is 0. The number of aromatic nitrogens is 5. The highest BCUT2D eigenvalue weighted by Gasteiger charge is 2.20. The molecule has 0 fully saturated rings. The van der Waals surface area contributed by atoms with Crippen LogP contribution in [0.25, 0.3) is 38.7 Å². The van der Waals surface area contributed by atoms with Crippen LogP contribution in [-0.4, -0.2) is 43.7 Å². The molecule has 0 aliphatic rings. The summed E-state index contributed by atoms with van der Waals surface area (Å²) >= 11 is 0. The number of pyridine rings is 1. The molecule has 5 aromatic rings. The standard InChI is InChI=1S/C22H19N5O3/c1-3-29-21-19-18(25-12-26-21)16-10-14(22(28)30-4-2)5-6-17(16)27(19)15-9-13-7-8-23-20(13)24-11-15/h5-12H,3-4H2,1-2H3,(H,23,24). The average molecular weight is 401 g/mol. The molecule has 0 bridgehead atoms. The monoisotopic (exact) mass is 401 g/mol. The van der Waals surface area contributed by atoms with Gasteiger partial charge in [0, 0.05) is 17.0 Å². The lowest BCUT2D eigenvalue weighted by Crippen LogP contribution is -2.04. The maximum atomic E-state index is 12.3. The summed E-state index contributed by atoms with van der Waals surface area (Å²) in [5.41, 5.74) is 4.43. The van der Waals surface area contributed by atoms with Gasteiger partial charge in [0.25, 0.3) is 0 Å². The fraction of sp³-hybridized carbons (Fsp3) is 0.182. The van der Waals surface area contributed by atoms with Gasteiger partial charge in [-0.15, -0.1) is 0 Å². The number of nitrogens with one attached hydrogen (secondary N) is 1. The molecule has 150 valence electrons. The second-order valence-electron chi connectivity index (χ2n) is 6.71. The number of hydrogen-bond acceptors (Lipinski definition) is 6. The van der Waals surface area contributed by atoms with E-state index in [1.807, 2.05) is 35.9 Å². The first kappa shape index (κ1) is 18.1. The van der Waals surface area contributed by atoms with Crippen molar-refractivity contribution in [3.63, 3.8) is 0 Å². The van der Waals surface area contributed by atoms with Crippen LogP contribution in [0.4, 0.5) is 0 Å². The number of H-pyrrole nitrogens is 1. The minimum absolute atomic E-state index is 0.317. The van der Waals surface area contributed by atoms with Crippen molar-refractivity contribution in [2.24, 2.45) is 0 Å². The average Bonchev–Trinajstić information content (AvgIpc) is 3.36. The Morgan fingerprint density at radius 1 is 1.10 bits per heavy atom. The van der Waals surface area contributed by atoms with Crippen molar-refractivity contribution in [3.05, 3.63) is 54.6 Å². The number of aromatic amines is 1. The van der Waals surface area contributed by atoms with Crippen LogP contribution in [0.5, 0.6) is 5.88 Å². The first-order valence-corrected chi connectivity index (χ1v) is 9.73. The number of benzene rings is 1. The fourth-order valence-corrected chi connectivity index (χ4v) is 3.70. The molecular weight excluding hydrogens is 382 g/mol. The van der Waals surface area contributed by atoms with Crippen molar-refractivity contribution in [3.8, 4) is 11.6 Å². The predicted molar refractivity (Wildman–Crippen MR) is 113 cm³/mol. The molecule has 0 atom stereocenters. The lowest BCUT2D eigenvalue weighted by Gasteiger charge is -2.10. The van der Waals surface area contributed by atoms with Gasteiger partial charge >= 0.3 is 5.97 Å². The van der Waals surface area contributed by atoms with E-state index in [4.69, 9.17) is 9.47 Å². The smallest absolute Gasteiger partial charge is 0.338 e. The summed E-state index contributed by atoms with van der Waals surface area (Å²) in [6.07, 6.45) is 5.12. The summed E-state index contributed by atoms with van der Waals surface area (Å²) in [6.45, 7) is 4.48. The van der Waals surface area contributed by atoms with Gasteiger partial charge in [-0.25, -0.2) is 14.8 Å². The third kappa shape index (κ3) is 2.76. The van der Waals surface area contributed by atoms with E-state index in [9.17, 15) is 4.79 Å². The van der Waals surface area contributed by atoms with Gasteiger partial charge in [0.15, 0.2) is 0 Å². The van der Waals surface area contributed by atoms with Crippen molar-refractivity contribution in [2.75, 3.05) is 13.2 Å². The van der Waals surface area contributed by atoms with Crippen LogP contribution >= 0.6 is 0 Å². The molecule has 8 heteroatoms. The van der Waals surface area contributed by atoms with Crippen molar-refractivity contribution in [1.82, 2.24) is 24.5 Å². The third-order valence-corrected chi connectivity index (χ3v) is 4.94. The lowest BCUT2D eigenvalue weighted by atomic mass is 10.1. The van der Waals surface area contributed by atoms with Gasteiger partial charge in [-0.3, -0.25) is 0 Å². The highest BCUT2D eigenvalue weighted by Crippen LogP contribution is 2.35. The third-order valence-electron chi connectivity index (χ3n) is 4.94. The van der Waals surface area contributed by atoms with E-state index in [1.165, 1.54) is 6.33 Å². The van der Waals surface area contributed by atoms with E-state index in [1.54, 1.807) is 25.3 Å². The van der Waals surface area contributed by atoms with Crippen molar-refractivity contribution < 1.29 is 14.3 Å². The van der Waals surface area contributed by atoms with Gasteiger partial charge < -0.3 is 19.0 Å². The Morgan fingerprint density at radius 2 is 2.00 bits per heavy atom. The summed E-state index contributed by atoms with van der Waals surface area (Å²) in [5.74, 6) is 0.111. The zero-order valence-corrected chi connectivity index (χ0v) is 16.5. The summed E-state index contributed by atoms with van der Waals surface area (Å²) in [4.78, 5) is 28.8. The van der Waals surface area contributed by atoms with E-state index >= 15 is 0 Å². The van der Waals surface area contributed by atoms with Crippen molar-refractivity contribution in [2.45, 2.75) is 13.8 Å². The quantitative estimate of drug-likeness (QED) is 0.447. The van der Waals surface area contributed by atoms with Crippen LogP contribution < -0.4 is 4.74 Å². The number of rotatable bonds is 5. The molecule has 0 aliphatic carbocycles. The number of hydrogen-bond donors (Lipinski definition) is 1. The molecule has 0 saturated carbocycles. The maximum absolute atomic E-state index is 12.3. The fourth-order valence-electron chi connectivity index (χ4n) is 3.70. The van der Waals surface area contributed by atoms with E-state index in [-0.39, 0.29) is 5.97 Å². The van der Waals surface area contributed by atoms with Crippen LogP contribution in [0.1, 0.15) is 24.2 Å². The molecule has 4 aromatic heterocycles. The molecule has 0 spiro atoms. The molecule has 4 heterocycles. The van der Waals surface area contributed by atoms with Crippen LogP contribution in [0.2, 0.25) is 0 Å². The van der Waals surface area contributed by atoms with E-state index in [0.717, 1.165) is 33.1 Å². The van der Waals surface area contributed by atoms with Crippen LogP contribution in [0.3, 0.4) is 0 Å². The number of carbonyl (C=O) groups excluding carboxylic acids is 1. The van der Waals surface area contributed by atoms with Gasteiger partial charge in [0.05, 0.1) is 36.2 Å². The van der Waals surface area contributed by atoms with Gasteiger partial charge in [-0.2, -0.15) is 4.98 Å². The normalized spacial score (nSPS) is 11.4. The van der Waals surface area contributed by atoms with E-state index in [0.29, 0.717) is 30.2 Å². The highest BCUT2D eigenvalue weighted by molar-refractivity contribution is 6.10. The van der Waals surface area contributed by atoms with Crippen LogP contribution in [0.15, 0.2) is 49.1 Å². The Morgan fingerprint density at radius 3 is 2.83 bits per heavy atom. The predicted octanol–water partition coefficient (Wildman–Crippen LogP) is 4.03. The molecule has 0 radical (unpaired) electrons. The molecule has 8 nitrogen and oxygen atoms in total. The number of fused-ring (bicyclic) bond motifs is 4. The van der Waals surface area contributed by atoms with Crippen molar-refractivity contribution >= 4 is 38.9 Å². The maximum Gasteiger partial charge on any atom is 0.338 e. The molecular formula is C22H19N5O3. The van der Waals surface area contributed by atoms with Crippen LogP contribution in [0, 0.1) is 0 Å². The number of ether oxygens (including phenoxy) is 2. The Balaban J connectivity index is 1.85. The summed E-state index contributed by atoms with van der Waals surface area (Å²) in [6, 6.07) is 9.46. The van der Waals surface area contributed by atoms with Gasteiger partial charge in [-0.1, -0.05) is 0 Å². The SMILES string of the molecule is CCOC(=O)c1ccc2c(c1)c1ncnc(OCC)c1n2-c1cnc2[nH]ccc2c1. The number of carbonyl (C=O) groups is 1. The molecule has 30 heavy (non-hydrogen) atoms. The second-order valence-corrected chi connectivity index (χ2v) is 6.71. The first-order valence-electron chi connectivity index (χ1n) is 9.73. The lowest BCUT2D eigenvalue weighted by molar-refractivity contribution is 0.0526. The Kier molecular flexibility index (Phi) is 4.31. The molecule has 0 unspecified atom stereocenters. The second kappa shape index (κ2) is 7.14. The molecule has 1 aromatic carbocycles. The van der Waals surface area contributed by atoms with Crippen molar-refractivity contribution in [1.29, 1.82) is 0 Å². The Bertz CT molecular complexity index is 1400. The Hall–Kier alpha value is -3.94. The first-order chi connectivity index (χ1) is 14.7. The zero-order chi connectivity index (χ0) is 20.7.